The molecule has 18 heavy (non-hydrogen) atoms. The summed E-state index contributed by atoms with van der Waals surface area (Å²) in [5.74, 6) is 0.327. The average molecular weight is 248 g/mol. The quantitative estimate of drug-likeness (QED) is 0.714. The second kappa shape index (κ2) is 5.54. The molecular formula is C11H16N6O. The van der Waals surface area contributed by atoms with Crippen LogP contribution in [0, 0.1) is 6.92 Å². The molecule has 0 saturated heterocycles. The summed E-state index contributed by atoms with van der Waals surface area (Å²) in [6, 6.07) is 1.82. The first-order chi connectivity index (χ1) is 8.72. The number of amides is 1. The zero-order valence-electron chi connectivity index (χ0n) is 10.5. The molecule has 2 aromatic rings. The van der Waals surface area contributed by atoms with Crippen LogP contribution in [0.1, 0.15) is 22.7 Å². The number of nitrogens with zero attached hydrogens (tertiary/aromatic N) is 4. The summed E-state index contributed by atoms with van der Waals surface area (Å²) in [6.07, 6.45) is 2.51. The molecule has 2 heterocycles. The van der Waals surface area contributed by atoms with Crippen LogP contribution in [0.15, 0.2) is 12.3 Å². The third-order valence-corrected chi connectivity index (χ3v) is 2.52. The maximum absolute atomic E-state index is 11.8. The summed E-state index contributed by atoms with van der Waals surface area (Å²) in [4.78, 5) is 19.9. The van der Waals surface area contributed by atoms with E-state index in [9.17, 15) is 4.79 Å². The van der Waals surface area contributed by atoms with Gasteiger partial charge in [0.05, 0.1) is 0 Å². The van der Waals surface area contributed by atoms with Gasteiger partial charge in [-0.25, -0.2) is 9.50 Å². The summed E-state index contributed by atoms with van der Waals surface area (Å²) in [7, 11) is 1.87. The van der Waals surface area contributed by atoms with Gasteiger partial charge in [-0.1, -0.05) is 0 Å². The lowest BCUT2D eigenvalue weighted by Crippen LogP contribution is -2.27. The molecule has 7 heteroatoms. The summed E-state index contributed by atoms with van der Waals surface area (Å²) in [5.41, 5.74) is 0.890. The molecule has 0 atom stereocenters. The molecule has 1 amide bonds. The second-order valence-corrected chi connectivity index (χ2v) is 3.95. The fourth-order valence-electron chi connectivity index (χ4n) is 1.55. The van der Waals surface area contributed by atoms with Crippen LogP contribution >= 0.6 is 0 Å². The molecule has 2 rings (SSSR count). The number of carbonyl (C=O) groups is 1. The Bertz CT molecular complexity index is 549. The highest BCUT2D eigenvalue weighted by Gasteiger charge is 2.13. The fraction of sp³-hybridized carbons (Fsp3) is 0.455. The van der Waals surface area contributed by atoms with E-state index >= 15 is 0 Å². The van der Waals surface area contributed by atoms with E-state index in [-0.39, 0.29) is 11.7 Å². The van der Waals surface area contributed by atoms with Crippen molar-refractivity contribution >= 4 is 11.7 Å². The third-order valence-electron chi connectivity index (χ3n) is 2.52. The first-order valence-corrected chi connectivity index (χ1v) is 5.83. The smallest absolute Gasteiger partial charge is 0.291 e. The van der Waals surface area contributed by atoms with Crippen molar-refractivity contribution < 1.29 is 4.79 Å². The summed E-state index contributed by atoms with van der Waals surface area (Å²) in [5, 5.41) is 9.91. The minimum absolute atomic E-state index is 0.154. The Balaban J connectivity index is 2.06. The van der Waals surface area contributed by atoms with Crippen LogP contribution in [0.5, 0.6) is 0 Å². The second-order valence-electron chi connectivity index (χ2n) is 3.95. The van der Waals surface area contributed by atoms with E-state index in [2.05, 4.69) is 25.7 Å². The average Bonchev–Trinajstić information content (AvgIpc) is 2.80. The van der Waals surface area contributed by atoms with Crippen molar-refractivity contribution in [1.82, 2.24) is 30.2 Å². The van der Waals surface area contributed by atoms with Gasteiger partial charge in [0.1, 0.15) is 0 Å². The van der Waals surface area contributed by atoms with Gasteiger partial charge in [-0.15, -0.1) is 5.10 Å². The van der Waals surface area contributed by atoms with Crippen molar-refractivity contribution in [3.8, 4) is 0 Å². The maximum Gasteiger partial charge on any atom is 0.291 e. The van der Waals surface area contributed by atoms with Crippen LogP contribution in [-0.4, -0.2) is 45.6 Å². The molecule has 0 fully saturated rings. The monoisotopic (exact) mass is 248 g/mol. The summed E-state index contributed by atoms with van der Waals surface area (Å²) < 4.78 is 1.56. The molecule has 0 aromatic carbocycles. The van der Waals surface area contributed by atoms with Crippen LogP contribution in [0.2, 0.25) is 0 Å². The number of nitrogens with one attached hydrogen (secondary N) is 2. The lowest BCUT2D eigenvalue weighted by atomic mass is 10.4. The van der Waals surface area contributed by atoms with Gasteiger partial charge < -0.3 is 10.6 Å². The topological polar surface area (TPSA) is 84.2 Å². The molecule has 0 aliphatic heterocycles. The molecule has 2 aromatic heterocycles. The number of hydrogen-bond donors (Lipinski definition) is 2. The molecule has 0 aliphatic rings. The van der Waals surface area contributed by atoms with Crippen molar-refractivity contribution in [3.63, 3.8) is 0 Å². The molecule has 96 valence electrons. The normalized spacial score (nSPS) is 10.8. The highest BCUT2D eigenvalue weighted by atomic mass is 16.2. The van der Waals surface area contributed by atoms with Crippen LogP contribution in [0.25, 0.3) is 5.78 Å². The Morgan fingerprint density at radius 1 is 1.44 bits per heavy atom. The van der Waals surface area contributed by atoms with E-state index in [4.69, 9.17) is 0 Å². The number of aryl methyl sites for hydroxylation is 1. The highest BCUT2D eigenvalue weighted by molar-refractivity contribution is 5.90. The van der Waals surface area contributed by atoms with Crippen LogP contribution in [-0.2, 0) is 0 Å². The number of rotatable bonds is 5. The molecule has 2 N–H and O–H groups in total. The van der Waals surface area contributed by atoms with E-state index in [1.165, 1.54) is 0 Å². The first kappa shape index (κ1) is 12.4. The van der Waals surface area contributed by atoms with Gasteiger partial charge in [0, 0.05) is 18.4 Å². The lowest BCUT2D eigenvalue weighted by Gasteiger charge is -2.01. The number of hydrogen-bond acceptors (Lipinski definition) is 5. The molecule has 0 saturated carbocycles. The minimum atomic E-state index is -0.268. The van der Waals surface area contributed by atoms with Crippen LogP contribution in [0.3, 0.4) is 0 Å². The standard InChI is InChI=1S/C11H16N6O/c1-8-4-7-14-11-15-9(16-17(8)11)10(18)13-6-3-5-12-2/h4,7,12H,3,5-6H2,1-2H3,(H,13,18). The maximum atomic E-state index is 11.8. The van der Waals surface area contributed by atoms with E-state index in [1.807, 2.05) is 20.0 Å². The SMILES string of the molecule is CNCCCNC(=O)c1nc2nccc(C)n2n1. The van der Waals surface area contributed by atoms with Gasteiger partial charge in [-0.2, -0.15) is 4.98 Å². The lowest BCUT2D eigenvalue weighted by molar-refractivity contribution is 0.0943. The largest absolute Gasteiger partial charge is 0.349 e. The molecule has 0 spiro atoms. The highest BCUT2D eigenvalue weighted by Crippen LogP contribution is 2.01. The predicted molar refractivity (Wildman–Crippen MR) is 66.4 cm³/mol. The van der Waals surface area contributed by atoms with Crippen molar-refractivity contribution in [3.05, 3.63) is 23.8 Å². The summed E-state index contributed by atoms with van der Waals surface area (Å²) >= 11 is 0. The molecule has 0 bridgehead atoms. The Labute approximate surface area is 105 Å². The molecule has 0 aliphatic carbocycles. The number of carbonyl (C=O) groups excluding carboxylic acids is 1. The van der Waals surface area contributed by atoms with Crippen molar-refractivity contribution in [2.45, 2.75) is 13.3 Å². The van der Waals surface area contributed by atoms with Gasteiger partial charge in [0.15, 0.2) is 0 Å². The molecule has 0 radical (unpaired) electrons. The Morgan fingerprint density at radius 3 is 3.00 bits per heavy atom. The van der Waals surface area contributed by atoms with Crippen LogP contribution in [0.4, 0.5) is 0 Å². The van der Waals surface area contributed by atoms with Gasteiger partial charge in [-0.3, -0.25) is 4.79 Å². The molecular weight excluding hydrogens is 232 g/mol. The van der Waals surface area contributed by atoms with E-state index < -0.39 is 0 Å². The summed E-state index contributed by atoms with van der Waals surface area (Å²) in [6.45, 7) is 3.35. The third kappa shape index (κ3) is 2.62. The zero-order chi connectivity index (χ0) is 13.0. The first-order valence-electron chi connectivity index (χ1n) is 5.83. The molecule has 0 unspecified atom stereocenters. The van der Waals surface area contributed by atoms with E-state index in [1.54, 1.807) is 10.7 Å². The zero-order valence-corrected chi connectivity index (χ0v) is 10.5. The van der Waals surface area contributed by atoms with Crippen LogP contribution < -0.4 is 10.6 Å². The Hall–Kier alpha value is -2.02. The van der Waals surface area contributed by atoms with Gasteiger partial charge in [0.2, 0.25) is 5.82 Å². The van der Waals surface area contributed by atoms with Crippen molar-refractivity contribution in [1.29, 1.82) is 0 Å². The number of aromatic nitrogens is 4. The van der Waals surface area contributed by atoms with Crippen molar-refractivity contribution in [2.75, 3.05) is 20.1 Å². The van der Waals surface area contributed by atoms with Crippen molar-refractivity contribution in [2.24, 2.45) is 0 Å². The van der Waals surface area contributed by atoms with E-state index in [0.717, 1.165) is 18.7 Å². The van der Waals surface area contributed by atoms with Gasteiger partial charge in [0.25, 0.3) is 11.7 Å². The Kier molecular flexibility index (Phi) is 3.83. The fourth-order valence-corrected chi connectivity index (χ4v) is 1.55. The number of fused-ring (bicyclic) bond motifs is 1. The predicted octanol–water partition coefficient (Wildman–Crippen LogP) is -0.228. The minimum Gasteiger partial charge on any atom is -0.349 e. The van der Waals surface area contributed by atoms with Gasteiger partial charge >= 0.3 is 0 Å². The van der Waals surface area contributed by atoms with Gasteiger partial charge in [-0.05, 0) is 33.0 Å². The van der Waals surface area contributed by atoms with E-state index in [0.29, 0.717) is 12.3 Å². The Morgan fingerprint density at radius 2 is 2.28 bits per heavy atom. The molecule has 7 nitrogen and oxygen atoms in total.